The molecule has 1 aromatic heterocycles. The molecule has 2 atom stereocenters. The van der Waals surface area contributed by atoms with Crippen LogP contribution in [0, 0.1) is 0 Å². The van der Waals surface area contributed by atoms with Crippen molar-refractivity contribution in [3.05, 3.63) is 48.2 Å². The molecule has 0 aliphatic carbocycles. The van der Waals surface area contributed by atoms with Crippen molar-refractivity contribution in [1.29, 1.82) is 0 Å². The summed E-state index contributed by atoms with van der Waals surface area (Å²) in [7, 11) is 0. The van der Waals surface area contributed by atoms with Crippen LogP contribution in [-0.4, -0.2) is 64.1 Å². The van der Waals surface area contributed by atoms with E-state index in [1.165, 1.54) is 0 Å². The Balaban J connectivity index is 1.68. The number of β-amino-alcohol motifs (C(OH)–C–C–N with tert-alkyl or cyclic N) is 1. The minimum Gasteiger partial charge on any atom is -0.392 e. The molecule has 0 spiro atoms. The molecule has 1 amide bonds. The van der Waals surface area contributed by atoms with Crippen molar-refractivity contribution in [2.75, 3.05) is 26.2 Å². The van der Waals surface area contributed by atoms with Gasteiger partial charge in [-0.05, 0) is 31.5 Å². The van der Waals surface area contributed by atoms with E-state index >= 15 is 0 Å². The molecule has 3 rings (SSSR count). The number of hydrogen-bond acceptors (Lipinski definition) is 3. The Hall–Kier alpha value is -2.11. The minimum atomic E-state index is -0.337. The second-order valence-electron chi connectivity index (χ2n) is 6.61. The quantitative estimate of drug-likeness (QED) is 0.905. The number of aromatic amines is 1. The van der Waals surface area contributed by atoms with Crippen LogP contribution in [0.15, 0.2) is 42.5 Å². The predicted octanol–water partition coefficient (Wildman–Crippen LogP) is 2.21. The van der Waals surface area contributed by atoms with Crippen LogP contribution in [0.4, 0.5) is 0 Å². The first-order chi connectivity index (χ1) is 11.5. The first-order valence-corrected chi connectivity index (χ1v) is 8.50. The molecular weight excluding hydrogens is 302 g/mol. The van der Waals surface area contributed by atoms with E-state index in [-0.39, 0.29) is 18.1 Å². The standard InChI is InChI=1S/C19H25N3O2/c1-14-12-21(13-15(2)23)10-11-22(14)19(24)18-9-8-17(20-18)16-6-4-3-5-7-16/h3-9,14-15,20,23H,10-13H2,1-2H3/t14-,15+/m0/s1. The largest absolute Gasteiger partial charge is 0.392 e. The molecule has 1 aliphatic heterocycles. The molecule has 0 unspecified atom stereocenters. The van der Waals surface area contributed by atoms with Gasteiger partial charge in [0.05, 0.1) is 6.10 Å². The highest BCUT2D eigenvalue weighted by Crippen LogP contribution is 2.20. The lowest BCUT2D eigenvalue weighted by molar-refractivity contribution is 0.0379. The maximum absolute atomic E-state index is 12.8. The van der Waals surface area contributed by atoms with E-state index < -0.39 is 0 Å². The van der Waals surface area contributed by atoms with Crippen LogP contribution in [-0.2, 0) is 0 Å². The first-order valence-electron chi connectivity index (χ1n) is 8.50. The summed E-state index contributed by atoms with van der Waals surface area (Å²) in [6.45, 7) is 6.80. The monoisotopic (exact) mass is 327 g/mol. The number of benzene rings is 1. The summed E-state index contributed by atoms with van der Waals surface area (Å²) in [4.78, 5) is 20.2. The second kappa shape index (κ2) is 7.20. The number of nitrogens with one attached hydrogen (secondary N) is 1. The van der Waals surface area contributed by atoms with Gasteiger partial charge in [-0.15, -0.1) is 0 Å². The fourth-order valence-corrected chi connectivity index (χ4v) is 3.33. The molecule has 0 radical (unpaired) electrons. The molecule has 0 bridgehead atoms. The zero-order chi connectivity index (χ0) is 17.1. The van der Waals surface area contributed by atoms with Gasteiger partial charge in [0, 0.05) is 37.9 Å². The van der Waals surface area contributed by atoms with Gasteiger partial charge < -0.3 is 15.0 Å². The van der Waals surface area contributed by atoms with E-state index in [1.807, 2.05) is 47.4 Å². The smallest absolute Gasteiger partial charge is 0.270 e. The van der Waals surface area contributed by atoms with Crippen LogP contribution in [0.3, 0.4) is 0 Å². The molecule has 2 aromatic rings. The van der Waals surface area contributed by atoms with Crippen LogP contribution in [0.2, 0.25) is 0 Å². The third-order valence-corrected chi connectivity index (χ3v) is 4.50. The Morgan fingerprint density at radius 2 is 2.00 bits per heavy atom. The van der Waals surface area contributed by atoms with E-state index in [4.69, 9.17) is 0 Å². The number of hydrogen-bond donors (Lipinski definition) is 2. The topological polar surface area (TPSA) is 59.6 Å². The number of aliphatic hydroxyl groups excluding tert-OH is 1. The van der Waals surface area contributed by atoms with E-state index in [1.54, 1.807) is 6.92 Å². The fraction of sp³-hybridized carbons (Fsp3) is 0.421. The number of aromatic nitrogens is 1. The average molecular weight is 327 g/mol. The van der Waals surface area contributed by atoms with Gasteiger partial charge in [-0.3, -0.25) is 9.69 Å². The SMILES string of the molecule is C[C@@H](O)CN1CCN(C(=O)c2ccc(-c3ccccc3)[nH]2)[C@@H](C)C1. The maximum Gasteiger partial charge on any atom is 0.270 e. The Kier molecular flexibility index (Phi) is 5.02. The van der Waals surface area contributed by atoms with Gasteiger partial charge in [0.25, 0.3) is 5.91 Å². The molecule has 2 N–H and O–H groups in total. The van der Waals surface area contributed by atoms with E-state index in [0.717, 1.165) is 24.3 Å². The number of piperazine rings is 1. The van der Waals surface area contributed by atoms with Gasteiger partial charge >= 0.3 is 0 Å². The average Bonchev–Trinajstić information content (AvgIpc) is 3.05. The van der Waals surface area contributed by atoms with E-state index in [2.05, 4.69) is 16.8 Å². The Bertz CT molecular complexity index is 681. The summed E-state index contributed by atoms with van der Waals surface area (Å²) in [5.41, 5.74) is 2.66. The molecule has 1 fully saturated rings. The molecule has 5 heteroatoms. The molecule has 1 aliphatic rings. The van der Waals surface area contributed by atoms with E-state index in [0.29, 0.717) is 18.8 Å². The number of nitrogens with zero attached hydrogens (tertiary/aromatic N) is 2. The Morgan fingerprint density at radius 1 is 1.25 bits per heavy atom. The molecule has 0 saturated carbocycles. The number of aliphatic hydroxyl groups is 1. The van der Waals surface area contributed by atoms with Gasteiger partial charge in [-0.25, -0.2) is 0 Å². The highest BCUT2D eigenvalue weighted by Gasteiger charge is 2.29. The zero-order valence-electron chi connectivity index (χ0n) is 14.3. The summed E-state index contributed by atoms with van der Waals surface area (Å²) < 4.78 is 0. The molecule has 128 valence electrons. The highest BCUT2D eigenvalue weighted by molar-refractivity contribution is 5.93. The van der Waals surface area contributed by atoms with Gasteiger partial charge in [0.1, 0.15) is 5.69 Å². The third-order valence-electron chi connectivity index (χ3n) is 4.50. The number of carbonyl (C=O) groups excluding carboxylic acids is 1. The van der Waals surface area contributed by atoms with Crippen molar-refractivity contribution in [1.82, 2.24) is 14.8 Å². The Labute approximate surface area is 142 Å². The lowest BCUT2D eigenvalue weighted by Gasteiger charge is -2.40. The number of rotatable bonds is 4. The van der Waals surface area contributed by atoms with Gasteiger partial charge in [-0.2, -0.15) is 0 Å². The fourth-order valence-electron chi connectivity index (χ4n) is 3.33. The Morgan fingerprint density at radius 3 is 2.67 bits per heavy atom. The zero-order valence-corrected chi connectivity index (χ0v) is 14.3. The maximum atomic E-state index is 12.8. The summed E-state index contributed by atoms with van der Waals surface area (Å²) >= 11 is 0. The molecular formula is C19H25N3O2. The van der Waals surface area contributed by atoms with Gasteiger partial charge in [-0.1, -0.05) is 30.3 Å². The summed E-state index contributed by atoms with van der Waals surface area (Å²) in [5.74, 6) is 0.0429. The van der Waals surface area contributed by atoms with Crippen LogP contribution < -0.4 is 0 Å². The lowest BCUT2D eigenvalue weighted by atomic mass is 10.1. The van der Waals surface area contributed by atoms with Crippen LogP contribution in [0.1, 0.15) is 24.3 Å². The van der Waals surface area contributed by atoms with Crippen molar-refractivity contribution in [2.45, 2.75) is 26.0 Å². The lowest BCUT2D eigenvalue weighted by Crippen LogP contribution is -2.55. The van der Waals surface area contributed by atoms with Crippen molar-refractivity contribution < 1.29 is 9.90 Å². The molecule has 2 heterocycles. The van der Waals surface area contributed by atoms with Crippen LogP contribution in [0.25, 0.3) is 11.3 Å². The molecule has 1 saturated heterocycles. The first kappa shape index (κ1) is 16.7. The summed E-state index contributed by atoms with van der Waals surface area (Å²) in [6, 6.07) is 14.0. The number of carbonyl (C=O) groups is 1. The number of H-pyrrole nitrogens is 1. The third kappa shape index (κ3) is 3.68. The van der Waals surface area contributed by atoms with Crippen molar-refractivity contribution in [3.63, 3.8) is 0 Å². The normalized spacial score (nSPS) is 20.1. The van der Waals surface area contributed by atoms with Crippen molar-refractivity contribution in [3.8, 4) is 11.3 Å². The van der Waals surface area contributed by atoms with Gasteiger partial charge in [0.2, 0.25) is 0 Å². The minimum absolute atomic E-state index is 0.0429. The number of amides is 1. The highest BCUT2D eigenvalue weighted by atomic mass is 16.3. The van der Waals surface area contributed by atoms with Gasteiger partial charge in [0.15, 0.2) is 0 Å². The summed E-state index contributed by atoms with van der Waals surface area (Å²) in [6.07, 6.45) is -0.337. The molecule has 1 aromatic carbocycles. The molecule has 5 nitrogen and oxygen atoms in total. The second-order valence-corrected chi connectivity index (χ2v) is 6.61. The van der Waals surface area contributed by atoms with E-state index in [9.17, 15) is 9.90 Å². The van der Waals surface area contributed by atoms with Crippen molar-refractivity contribution in [2.24, 2.45) is 0 Å². The molecule has 24 heavy (non-hydrogen) atoms. The van der Waals surface area contributed by atoms with Crippen LogP contribution in [0.5, 0.6) is 0 Å². The van der Waals surface area contributed by atoms with Crippen molar-refractivity contribution >= 4 is 5.91 Å². The predicted molar refractivity (Wildman–Crippen MR) is 94.8 cm³/mol. The van der Waals surface area contributed by atoms with Crippen LogP contribution >= 0.6 is 0 Å². The summed E-state index contributed by atoms with van der Waals surface area (Å²) in [5, 5.41) is 9.53.